The van der Waals surface area contributed by atoms with Crippen LogP contribution in [0.1, 0.15) is 0 Å². The molecule has 1 aromatic carbocycles. The number of aromatic nitrogens is 1. The Morgan fingerprint density at radius 3 is 2.62 bits per heavy atom. The number of hydrogen-bond donors (Lipinski definition) is 1. The molecule has 0 saturated carbocycles. The number of fused-ring (bicyclic) bond motifs is 1. The summed E-state index contributed by atoms with van der Waals surface area (Å²) in [5.74, 6) is 0. The third kappa shape index (κ3) is 1.40. The lowest BCUT2D eigenvalue weighted by molar-refractivity contribution is 0.615. The van der Waals surface area contributed by atoms with Crippen LogP contribution in [0.5, 0.6) is 0 Å². The summed E-state index contributed by atoms with van der Waals surface area (Å²) in [6.45, 7) is 0. The lowest BCUT2D eigenvalue weighted by Crippen LogP contribution is -1.85. The second kappa shape index (κ2) is 3.14. The molecule has 1 heterocycles. The van der Waals surface area contributed by atoms with E-state index in [1.807, 2.05) is 12.1 Å². The third-order valence-corrected chi connectivity index (χ3v) is 2.56. The van der Waals surface area contributed by atoms with Gasteiger partial charge in [-0.1, -0.05) is 18.2 Å². The topological polar surface area (TPSA) is 47.0 Å². The Morgan fingerprint density at radius 1 is 1.08 bits per heavy atom. The van der Waals surface area contributed by atoms with E-state index < -0.39 is 10.7 Å². The van der Waals surface area contributed by atoms with Gasteiger partial charge in [-0.05, 0) is 12.1 Å². The Balaban J connectivity index is 2.91. The lowest BCUT2D eigenvalue weighted by Gasteiger charge is -1.97. The van der Waals surface area contributed by atoms with E-state index in [0.29, 0.717) is 5.52 Å². The molecule has 0 unspecified atom stereocenters. The molecule has 0 spiro atoms. The number of nitrogens with zero attached hydrogens (tertiary/aromatic N) is 1. The molecule has 0 N–H and O–H groups in total. The van der Waals surface area contributed by atoms with Crippen LogP contribution >= 0.6 is 0 Å². The fourth-order valence-corrected chi connectivity index (χ4v) is 1.80. The minimum atomic E-state index is -2.56. The zero-order chi connectivity index (χ0) is 9.26. The maximum atomic E-state index is 10.8. The SMILES string of the molecule is O=[SH](=O)c1cccc2cccnc12. The predicted octanol–water partition coefficient (Wildman–Crippen LogP) is 1.21. The molecule has 3 nitrogen and oxygen atoms in total. The van der Waals surface area contributed by atoms with E-state index in [1.165, 1.54) is 0 Å². The van der Waals surface area contributed by atoms with Crippen LogP contribution in [0.4, 0.5) is 0 Å². The summed E-state index contributed by atoms with van der Waals surface area (Å²) in [5.41, 5.74) is 0.543. The van der Waals surface area contributed by atoms with Gasteiger partial charge < -0.3 is 0 Å². The normalized spacial score (nSPS) is 10.8. The van der Waals surface area contributed by atoms with E-state index in [9.17, 15) is 8.42 Å². The molecule has 0 aliphatic carbocycles. The highest BCUT2D eigenvalue weighted by Gasteiger charge is 2.01. The van der Waals surface area contributed by atoms with Crippen molar-refractivity contribution in [1.82, 2.24) is 4.98 Å². The number of benzene rings is 1. The summed E-state index contributed by atoms with van der Waals surface area (Å²) >= 11 is 0. The summed E-state index contributed by atoms with van der Waals surface area (Å²) < 4.78 is 21.6. The highest BCUT2D eigenvalue weighted by atomic mass is 32.2. The molecule has 1 aromatic heterocycles. The Bertz CT molecular complexity index is 507. The molecule has 0 radical (unpaired) electrons. The van der Waals surface area contributed by atoms with Gasteiger partial charge in [-0.15, -0.1) is 0 Å². The van der Waals surface area contributed by atoms with E-state index in [0.717, 1.165) is 5.39 Å². The van der Waals surface area contributed by atoms with E-state index in [-0.39, 0.29) is 4.90 Å². The van der Waals surface area contributed by atoms with Crippen LogP contribution < -0.4 is 0 Å². The summed E-state index contributed by atoms with van der Waals surface area (Å²) in [5, 5.41) is 0.846. The molecule has 0 bridgehead atoms. The van der Waals surface area contributed by atoms with Crippen molar-refractivity contribution in [3.8, 4) is 0 Å². The molecule has 0 aliphatic heterocycles. The van der Waals surface area contributed by atoms with E-state index in [1.54, 1.807) is 24.4 Å². The van der Waals surface area contributed by atoms with Gasteiger partial charge in [0.15, 0.2) is 10.7 Å². The second-order valence-corrected chi connectivity index (χ2v) is 3.61. The van der Waals surface area contributed by atoms with Gasteiger partial charge in [-0.25, -0.2) is 8.42 Å². The molecule has 0 amide bonds. The van der Waals surface area contributed by atoms with Crippen LogP contribution in [-0.4, -0.2) is 13.4 Å². The standard InChI is InChI=1S/C9H7NO2S/c11-13(12)8-5-1-3-7-4-2-6-10-9(7)8/h1-6,13H. The molecule has 0 saturated heterocycles. The average molecular weight is 193 g/mol. The van der Waals surface area contributed by atoms with Crippen LogP contribution in [0.3, 0.4) is 0 Å². The summed E-state index contributed by atoms with van der Waals surface area (Å²) in [4.78, 5) is 4.30. The summed E-state index contributed by atoms with van der Waals surface area (Å²) in [7, 11) is -2.56. The van der Waals surface area contributed by atoms with E-state index >= 15 is 0 Å². The van der Waals surface area contributed by atoms with Crippen molar-refractivity contribution in [3.63, 3.8) is 0 Å². The van der Waals surface area contributed by atoms with Gasteiger partial charge in [-0.3, -0.25) is 4.98 Å². The van der Waals surface area contributed by atoms with Crippen molar-refractivity contribution in [3.05, 3.63) is 36.5 Å². The molecule has 0 fully saturated rings. The van der Waals surface area contributed by atoms with Crippen molar-refractivity contribution >= 4 is 21.6 Å². The smallest absolute Gasteiger partial charge is 0.170 e. The molecule has 4 heteroatoms. The van der Waals surface area contributed by atoms with Crippen molar-refractivity contribution in [2.75, 3.05) is 0 Å². The molecular formula is C9H7NO2S. The zero-order valence-corrected chi connectivity index (χ0v) is 7.57. The lowest BCUT2D eigenvalue weighted by atomic mass is 10.2. The van der Waals surface area contributed by atoms with Crippen LogP contribution in [0, 0.1) is 0 Å². The van der Waals surface area contributed by atoms with Gasteiger partial charge in [0.25, 0.3) is 0 Å². The first-order chi connectivity index (χ1) is 6.29. The highest BCUT2D eigenvalue weighted by Crippen LogP contribution is 2.16. The van der Waals surface area contributed by atoms with Gasteiger partial charge in [0.2, 0.25) is 0 Å². The van der Waals surface area contributed by atoms with Gasteiger partial charge >= 0.3 is 0 Å². The van der Waals surface area contributed by atoms with Crippen LogP contribution in [0.15, 0.2) is 41.4 Å². The first-order valence-electron chi connectivity index (χ1n) is 3.77. The van der Waals surface area contributed by atoms with Crippen LogP contribution in [-0.2, 0) is 10.7 Å². The minimum Gasteiger partial charge on any atom is -0.255 e. The molecule has 13 heavy (non-hydrogen) atoms. The van der Waals surface area contributed by atoms with Crippen molar-refractivity contribution in [2.45, 2.75) is 4.90 Å². The molecule has 0 aliphatic rings. The van der Waals surface area contributed by atoms with Gasteiger partial charge in [0.1, 0.15) is 0 Å². The number of rotatable bonds is 1. The number of thiol groups is 1. The van der Waals surface area contributed by atoms with Gasteiger partial charge in [0, 0.05) is 11.6 Å². The summed E-state index contributed by atoms with van der Waals surface area (Å²) in [6, 6.07) is 8.73. The first kappa shape index (κ1) is 8.19. The van der Waals surface area contributed by atoms with Crippen molar-refractivity contribution < 1.29 is 8.42 Å². The molecular weight excluding hydrogens is 186 g/mol. The largest absolute Gasteiger partial charge is 0.255 e. The van der Waals surface area contributed by atoms with E-state index in [4.69, 9.17) is 0 Å². The average Bonchev–Trinajstić information content (AvgIpc) is 2.17. The maximum Gasteiger partial charge on any atom is 0.170 e. The van der Waals surface area contributed by atoms with Crippen LogP contribution in [0.25, 0.3) is 10.9 Å². The number of para-hydroxylation sites is 1. The third-order valence-electron chi connectivity index (χ3n) is 1.81. The maximum absolute atomic E-state index is 10.8. The quantitative estimate of drug-likeness (QED) is 0.692. The fourth-order valence-electron chi connectivity index (χ4n) is 1.24. The molecule has 2 aromatic rings. The highest BCUT2D eigenvalue weighted by molar-refractivity contribution is 7.72. The monoisotopic (exact) mass is 193 g/mol. The zero-order valence-electron chi connectivity index (χ0n) is 6.68. The minimum absolute atomic E-state index is 0.285. The number of hydrogen-bond acceptors (Lipinski definition) is 3. The first-order valence-corrected chi connectivity index (χ1v) is 4.95. The number of pyridine rings is 1. The Morgan fingerprint density at radius 2 is 1.85 bits per heavy atom. The van der Waals surface area contributed by atoms with Crippen molar-refractivity contribution in [1.29, 1.82) is 0 Å². The van der Waals surface area contributed by atoms with Gasteiger partial charge in [0.05, 0.1) is 10.4 Å². The Kier molecular flexibility index (Phi) is 1.98. The van der Waals surface area contributed by atoms with Gasteiger partial charge in [-0.2, -0.15) is 0 Å². The predicted molar refractivity (Wildman–Crippen MR) is 50.3 cm³/mol. The fraction of sp³-hybridized carbons (Fsp3) is 0. The molecule has 0 atom stereocenters. The Labute approximate surface area is 77.0 Å². The second-order valence-electron chi connectivity index (χ2n) is 2.61. The van der Waals surface area contributed by atoms with E-state index in [2.05, 4.69) is 4.98 Å². The van der Waals surface area contributed by atoms with Crippen LogP contribution in [0.2, 0.25) is 0 Å². The molecule has 66 valence electrons. The summed E-state index contributed by atoms with van der Waals surface area (Å²) in [6.07, 6.45) is 1.59. The van der Waals surface area contributed by atoms with Crippen molar-refractivity contribution in [2.24, 2.45) is 0 Å². The molecule has 2 rings (SSSR count). The Hall–Kier alpha value is -1.42.